The molecule has 116 valence electrons. The molecule has 1 heterocycles. The third-order valence-electron chi connectivity index (χ3n) is 3.86. The molecule has 1 aromatic carbocycles. The van der Waals surface area contributed by atoms with E-state index in [-0.39, 0.29) is 16.8 Å². The van der Waals surface area contributed by atoms with Crippen LogP contribution in [-0.4, -0.2) is 50.9 Å². The Labute approximate surface area is 133 Å². The molecule has 2 rings (SSSR count). The second kappa shape index (κ2) is 6.43. The van der Waals surface area contributed by atoms with E-state index in [4.69, 9.17) is 5.73 Å². The zero-order valence-electron chi connectivity index (χ0n) is 11.8. The maximum atomic E-state index is 12.6. The van der Waals surface area contributed by atoms with Crippen molar-refractivity contribution in [2.75, 3.05) is 26.2 Å². The Hall–Kier alpha value is -0.960. The molecule has 0 aliphatic carbocycles. The summed E-state index contributed by atoms with van der Waals surface area (Å²) in [5.41, 5.74) is 5.30. The highest BCUT2D eigenvalue weighted by Gasteiger charge is 2.34. The minimum absolute atomic E-state index is 0.274. The van der Waals surface area contributed by atoms with Gasteiger partial charge in [0.15, 0.2) is 6.04 Å². The zero-order chi connectivity index (χ0) is 15.6. The first kappa shape index (κ1) is 16.4. The second-order valence-electron chi connectivity index (χ2n) is 5.12. The van der Waals surface area contributed by atoms with Gasteiger partial charge in [-0.15, -0.1) is 0 Å². The third kappa shape index (κ3) is 3.45. The summed E-state index contributed by atoms with van der Waals surface area (Å²) in [4.78, 5) is 12.5. The quantitative estimate of drug-likeness (QED) is 0.722. The van der Waals surface area contributed by atoms with Gasteiger partial charge < -0.3 is 10.6 Å². The first-order valence-corrected chi connectivity index (χ1v) is 8.96. The van der Waals surface area contributed by atoms with Crippen LogP contribution in [0.4, 0.5) is 0 Å². The van der Waals surface area contributed by atoms with Gasteiger partial charge in [-0.2, -0.15) is 4.31 Å². The third-order valence-corrected chi connectivity index (χ3v) is 6.77. The fraction of sp³-hybridized carbons (Fsp3) is 0.462. The van der Waals surface area contributed by atoms with Crippen LogP contribution >= 0.6 is 15.9 Å². The van der Waals surface area contributed by atoms with Crippen LogP contribution < -0.4 is 10.6 Å². The Morgan fingerprint density at radius 3 is 2.43 bits per heavy atom. The number of nitrogens with one attached hydrogen (secondary N) is 1. The molecular formula is C13H19BrN3O3S+. The standard InChI is InChI=1S/C13H18BrN3O3S/c1-10(13(15)18)16-6-8-17(9-7-16)21(19,20)12-5-3-2-4-11(12)14/h2-5,10H,6-9H2,1H3,(H2,15,18)/p+1/t10-/m0/s1. The minimum atomic E-state index is -3.51. The maximum absolute atomic E-state index is 12.6. The van der Waals surface area contributed by atoms with Crippen LogP contribution in [0, 0.1) is 0 Å². The molecule has 1 aliphatic rings. The number of benzene rings is 1. The number of quaternary nitrogens is 1. The van der Waals surface area contributed by atoms with E-state index in [2.05, 4.69) is 15.9 Å². The summed E-state index contributed by atoms with van der Waals surface area (Å²) in [6.45, 7) is 3.70. The van der Waals surface area contributed by atoms with E-state index in [9.17, 15) is 13.2 Å². The van der Waals surface area contributed by atoms with Gasteiger partial charge in [0.1, 0.15) is 0 Å². The van der Waals surface area contributed by atoms with Crippen LogP contribution in [0.3, 0.4) is 0 Å². The van der Waals surface area contributed by atoms with Crippen LogP contribution in [0.15, 0.2) is 33.6 Å². The van der Waals surface area contributed by atoms with E-state index < -0.39 is 10.0 Å². The van der Waals surface area contributed by atoms with Crippen molar-refractivity contribution >= 4 is 31.9 Å². The first-order valence-electron chi connectivity index (χ1n) is 6.72. The number of halogens is 1. The molecule has 1 amide bonds. The molecule has 0 aromatic heterocycles. The molecule has 1 aromatic rings. The van der Waals surface area contributed by atoms with E-state index in [0.29, 0.717) is 30.7 Å². The van der Waals surface area contributed by atoms with Gasteiger partial charge in [-0.05, 0) is 35.0 Å². The van der Waals surface area contributed by atoms with Crippen LogP contribution in [0.25, 0.3) is 0 Å². The van der Waals surface area contributed by atoms with Gasteiger partial charge in [-0.25, -0.2) is 8.42 Å². The second-order valence-corrected chi connectivity index (χ2v) is 7.88. The van der Waals surface area contributed by atoms with Crippen molar-refractivity contribution in [3.05, 3.63) is 28.7 Å². The summed E-state index contributed by atoms with van der Waals surface area (Å²) in [6, 6.07) is 6.49. The molecule has 0 unspecified atom stereocenters. The van der Waals surface area contributed by atoms with Crippen LogP contribution in [0.2, 0.25) is 0 Å². The van der Waals surface area contributed by atoms with Gasteiger partial charge in [0, 0.05) is 4.47 Å². The molecule has 21 heavy (non-hydrogen) atoms. The number of hydrogen-bond donors (Lipinski definition) is 2. The topological polar surface area (TPSA) is 84.9 Å². The van der Waals surface area contributed by atoms with Gasteiger partial charge in [0.2, 0.25) is 10.0 Å². The number of nitrogens with zero attached hydrogens (tertiary/aromatic N) is 1. The summed E-state index contributed by atoms with van der Waals surface area (Å²) < 4.78 is 27.3. The van der Waals surface area contributed by atoms with E-state index >= 15 is 0 Å². The number of rotatable bonds is 4. The number of nitrogens with two attached hydrogens (primary N) is 1. The predicted octanol–water partition coefficient (Wildman–Crippen LogP) is -0.788. The van der Waals surface area contributed by atoms with E-state index in [1.54, 1.807) is 31.2 Å². The van der Waals surface area contributed by atoms with Crippen molar-refractivity contribution < 1.29 is 18.1 Å². The molecule has 0 bridgehead atoms. The predicted molar refractivity (Wildman–Crippen MR) is 82.3 cm³/mol. The lowest BCUT2D eigenvalue weighted by molar-refractivity contribution is -0.917. The molecule has 3 N–H and O–H groups in total. The molecule has 1 fully saturated rings. The average molecular weight is 377 g/mol. The number of sulfonamides is 1. The average Bonchev–Trinajstić information content (AvgIpc) is 2.46. The fourth-order valence-corrected chi connectivity index (χ4v) is 4.85. The number of hydrogen-bond acceptors (Lipinski definition) is 3. The normalized spacial score (nSPS) is 19.3. The number of carbonyl (C=O) groups excluding carboxylic acids is 1. The van der Waals surface area contributed by atoms with Crippen LogP contribution in [-0.2, 0) is 14.8 Å². The number of amides is 1. The zero-order valence-corrected chi connectivity index (χ0v) is 14.2. The largest absolute Gasteiger partial charge is 0.365 e. The first-order chi connectivity index (χ1) is 9.84. The van der Waals surface area contributed by atoms with Gasteiger partial charge in [-0.1, -0.05) is 12.1 Å². The van der Waals surface area contributed by atoms with Crippen molar-refractivity contribution in [3.63, 3.8) is 0 Å². The van der Waals surface area contributed by atoms with Crippen LogP contribution in [0.1, 0.15) is 6.92 Å². The number of carbonyl (C=O) groups is 1. The van der Waals surface area contributed by atoms with Crippen molar-refractivity contribution in [2.24, 2.45) is 5.73 Å². The lowest BCUT2D eigenvalue weighted by Crippen LogP contribution is -3.19. The van der Waals surface area contributed by atoms with Gasteiger partial charge in [0.05, 0.1) is 31.1 Å². The molecular weight excluding hydrogens is 358 g/mol. The summed E-state index contributed by atoms with van der Waals surface area (Å²) >= 11 is 3.28. The molecule has 8 heteroatoms. The Bertz CT molecular complexity index is 627. The van der Waals surface area contributed by atoms with Gasteiger partial charge in [-0.3, -0.25) is 4.79 Å². The lowest BCUT2D eigenvalue weighted by atomic mass is 10.2. The molecule has 6 nitrogen and oxygen atoms in total. The number of piperazine rings is 1. The van der Waals surface area contributed by atoms with Gasteiger partial charge >= 0.3 is 0 Å². The smallest absolute Gasteiger partial charge is 0.275 e. The highest BCUT2D eigenvalue weighted by molar-refractivity contribution is 9.10. The molecule has 1 atom stereocenters. The Morgan fingerprint density at radius 1 is 1.33 bits per heavy atom. The summed E-state index contributed by atoms with van der Waals surface area (Å²) in [5.74, 6) is -0.355. The molecule has 1 aliphatic heterocycles. The molecule has 1 saturated heterocycles. The maximum Gasteiger partial charge on any atom is 0.275 e. The van der Waals surface area contributed by atoms with E-state index in [1.165, 1.54) is 4.31 Å². The minimum Gasteiger partial charge on any atom is -0.365 e. The highest BCUT2D eigenvalue weighted by Crippen LogP contribution is 2.24. The van der Waals surface area contributed by atoms with Gasteiger partial charge in [0.25, 0.3) is 5.91 Å². The van der Waals surface area contributed by atoms with E-state index in [1.807, 2.05) is 0 Å². The Balaban J connectivity index is 2.12. The van der Waals surface area contributed by atoms with Crippen molar-refractivity contribution in [1.82, 2.24) is 4.31 Å². The SMILES string of the molecule is C[C@@H](C(N)=O)[NH+]1CCN(S(=O)(=O)c2ccccc2Br)CC1. The molecule has 0 radical (unpaired) electrons. The number of primary amides is 1. The lowest BCUT2D eigenvalue weighted by Gasteiger charge is -2.33. The summed E-state index contributed by atoms with van der Waals surface area (Å²) in [7, 11) is -3.51. The molecule has 0 saturated carbocycles. The van der Waals surface area contributed by atoms with Crippen molar-refractivity contribution in [2.45, 2.75) is 17.9 Å². The van der Waals surface area contributed by atoms with Crippen molar-refractivity contribution in [3.8, 4) is 0 Å². The van der Waals surface area contributed by atoms with Crippen molar-refractivity contribution in [1.29, 1.82) is 0 Å². The molecule has 0 spiro atoms. The van der Waals surface area contributed by atoms with Crippen LogP contribution in [0.5, 0.6) is 0 Å². The fourth-order valence-electron chi connectivity index (χ4n) is 2.44. The Kier molecular flexibility index (Phi) is 5.03. The monoisotopic (exact) mass is 376 g/mol. The Morgan fingerprint density at radius 2 is 1.90 bits per heavy atom. The van der Waals surface area contributed by atoms with E-state index in [0.717, 1.165) is 4.90 Å². The summed E-state index contributed by atoms with van der Waals surface area (Å²) in [6.07, 6.45) is 0. The summed E-state index contributed by atoms with van der Waals surface area (Å²) in [5, 5.41) is 0. The highest BCUT2D eigenvalue weighted by atomic mass is 79.9.